The van der Waals surface area contributed by atoms with E-state index in [4.69, 9.17) is 18.9 Å². The van der Waals surface area contributed by atoms with Gasteiger partial charge in [-0.2, -0.15) is 5.10 Å². The highest BCUT2D eigenvalue weighted by molar-refractivity contribution is 7.53. The molecular formula is C28H30N3O4P. The molecule has 0 saturated carbocycles. The second-order valence-electron chi connectivity index (χ2n) is 8.58. The Morgan fingerprint density at radius 1 is 0.833 bits per heavy atom. The lowest BCUT2D eigenvalue weighted by Crippen LogP contribution is -2.38. The van der Waals surface area contributed by atoms with Crippen LogP contribution in [0.3, 0.4) is 0 Å². The predicted molar refractivity (Wildman–Crippen MR) is 138 cm³/mol. The zero-order valence-corrected chi connectivity index (χ0v) is 21.3. The average Bonchev–Trinajstić information content (AvgIpc) is 3.48. The van der Waals surface area contributed by atoms with Crippen LogP contribution in [0, 0.1) is 0 Å². The van der Waals surface area contributed by atoms with Gasteiger partial charge in [0.05, 0.1) is 19.4 Å². The first-order chi connectivity index (χ1) is 17.6. The maximum Gasteiger partial charge on any atom is 0.333 e. The molecule has 2 heterocycles. The molecule has 0 spiro atoms. The standard InChI is InChI=1S/C28H30N3O4P/c1-3-33-36(32,34-4-2)20-25-26(35-25)27-29-21-31(30-27)28(22-14-8-5-9-15-22,23-16-10-6-11-17-23)24-18-12-7-13-19-24/h5-19,21,25-26H,3-4,20H2,1-2H3. The third-order valence-corrected chi connectivity index (χ3v) is 8.43. The summed E-state index contributed by atoms with van der Waals surface area (Å²) in [4.78, 5) is 4.65. The Labute approximate surface area is 211 Å². The van der Waals surface area contributed by atoms with Gasteiger partial charge in [0, 0.05) is 0 Å². The molecule has 3 aromatic carbocycles. The second-order valence-corrected chi connectivity index (χ2v) is 10.7. The third kappa shape index (κ3) is 4.67. The van der Waals surface area contributed by atoms with Gasteiger partial charge in [0.25, 0.3) is 0 Å². The summed E-state index contributed by atoms with van der Waals surface area (Å²) in [5.74, 6) is 0.548. The Hall–Kier alpha value is -3.09. The quantitative estimate of drug-likeness (QED) is 0.146. The highest BCUT2D eigenvalue weighted by Gasteiger charge is 2.49. The minimum Gasteiger partial charge on any atom is -0.360 e. The summed E-state index contributed by atoms with van der Waals surface area (Å²) in [6, 6.07) is 30.9. The van der Waals surface area contributed by atoms with E-state index < -0.39 is 13.1 Å². The van der Waals surface area contributed by atoms with Crippen LogP contribution in [0.2, 0.25) is 0 Å². The van der Waals surface area contributed by atoms with E-state index >= 15 is 0 Å². The lowest BCUT2D eigenvalue weighted by atomic mass is 9.77. The molecule has 36 heavy (non-hydrogen) atoms. The molecule has 1 aromatic heterocycles. The molecule has 0 aliphatic carbocycles. The number of ether oxygens (including phenoxy) is 1. The van der Waals surface area contributed by atoms with Gasteiger partial charge >= 0.3 is 7.60 Å². The molecule has 2 unspecified atom stereocenters. The maximum atomic E-state index is 13.0. The SMILES string of the molecule is CCOP(=O)(CC1OC1c1ncn(C(c2ccccc2)(c2ccccc2)c2ccccc2)n1)OCC. The van der Waals surface area contributed by atoms with Crippen LogP contribution in [-0.2, 0) is 23.9 Å². The second kappa shape index (κ2) is 10.5. The molecule has 1 fully saturated rings. The fourth-order valence-electron chi connectivity index (χ4n) is 4.77. The van der Waals surface area contributed by atoms with Gasteiger partial charge in [0.2, 0.25) is 0 Å². The fraction of sp³-hybridized carbons (Fsp3) is 0.286. The number of hydrogen-bond acceptors (Lipinski definition) is 6. The lowest BCUT2D eigenvalue weighted by molar-refractivity contribution is 0.217. The van der Waals surface area contributed by atoms with Crippen molar-refractivity contribution in [2.75, 3.05) is 19.4 Å². The van der Waals surface area contributed by atoms with Crippen molar-refractivity contribution < 1.29 is 18.3 Å². The summed E-state index contributed by atoms with van der Waals surface area (Å²) in [5, 5.41) is 4.96. The molecule has 0 bridgehead atoms. The lowest BCUT2D eigenvalue weighted by Gasteiger charge is -2.35. The van der Waals surface area contributed by atoms with Gasteiger partial charge in [-0.15, -0.1) is 0 Å². The van der Waals surface area contributed by atoms with Crippen molar-refractivity contribution in [1.82, 2.24) is 14.8 Å². The van der Waals surface area contributed by atoms with E-state index in [1.54, 1.807) is 20.2 Å². The van der Waals surface area contributed by atoms with Crippen molar-refractivity contribution in [2.45, 2.75) is 31.6 Å². The minimum atomic E-state index is -3.23. The van der Waals surface area contributed by atoms with Crippen LogP contribution in [0.5, 0.6) is 0 Å². The molecule has 1 saturated heterocycles. The van der Waals surface area contributed by atoms with Crippen molar-refractivity contribution in [3.8, 4) is 0 Å². The minimum absolute atomic E-state index is 0.176. The molecule has 8 heteroatoms. The summed E-state index contributed by atoms with van der Waals surface area (Å²) in [5.41, 5.74) is 2.43. The molecule has 1 aliphatic heterocycles. The van der Waals surface area contributed by atoms with Crippen LogP contribution in [-0.4, -0.2) is 40.2 Å². The summed E-state index contributed by atoms with van der Waals surface area (Å²) in [6.45, 7) is 4.23. The number of aromatic nitrogens is 3. The molecule has 5 rings (SSSR count). The Bertz CT molecular complexity index is 1210. The van der Waals surface area contributed by atoms with Crippen LogP contribution in [0.1, 0.15) is 42.5 Å². The summed E-state index contributed by atoms with van der Waals surface area (Å²) in [6.07, 6.45) is 1.26. The van der Waals surface area contributed by atoms with E-state index in [1.807, 2.05) is 59.3 Å². The number of rotatable bonds is 11. The zero-order valence-electron chi connectivity index (χ0n) is 20.4. The van der Waals surface area contributed by atoms with Crippen molar-refractivity contribution in [1.29, 1.82) is 0 Å². The normalized spacial score (nSPS) is 17.7. The predicted octanol–water partition coefficient (Wildman–Crippen LogP) is 5.82. The fourth-order valence-corrected chi connectivity index (χ4v) is 6.56. The van der Waals surface area contributed by atoms with Gasteiger partial charge in [-0.25, -0.2) is 9.67 Å². The number of nitrogens with zero attached hydrogens (tertiary/aromatic N) is 3. The molecule has 0 radical (unpaired) electrons. The van der Waals surface area contributed by atoms with Gasteiger partial charge in [0.1, 0.15) is 24.1 Å². The first-order valence-corrected chi connectivity index (χ1v) is 14.0. The van der Waals surface area contributed by atoms with E-state index in [1.165, 1.54) is 0 Å². The highest BCUT2D eigenvalue weighted by atomic mass is 31.2. The zero-order chi connectivity index (χ0) is 25.0. The summed E-state index contributed by atoms with van der Waals surface area (Å²) >= 11 is 0. The van der Waals surface area contributed by atoms with Gasteiger partial charge in [-0.3, -0.25) is 4.57 Å². The van der Waals surface area contributed by atoms with Crippen molar-refractivity contribution in [2.24, 2.45) is 0 Å². The number of hydrogen-bond donors (Lipinski definition) is 0. The Kier molecular flexibility index (Phi) is 7.17. The smallest absolute Gasteiger partial charge is 0.333 e. The van der Waals surface area contributed by atoms with Gasteiger partial charge in [-0.05, 0) is 30.5 Å². The van der Waals surface area contributed by atoms with Crippen LogP contribution in [0.4, 0.5) is 0 Å². The van der Waals surface area contributed by atoms with Crippen molar-refractivity contribution >= 4 is 7.60 Å². The largest absolute Gasteiger partial charge is 0.360 e. The van der Waals surface area contributed by atoms with Crippen LogP contribution in [0.25, 0.3) is 0 Å². The van der Waals surface area contributed by atoms with Crippen molar-refractivity contribution in [3.05, 3.63) is 120 Å². The monoisotopic (exact) mass is 503 g/mol. The first-order valence-electron chi connectivity index (χ1n) is 12.2. The molecule has 4 aromatic rings. The van der Waals surface area contributed by atoms with Crippen LogP contribution >= 0.6 is 7.60 Å². The molecule has 0 N–H and O–H groups in total. The van der Waals surface area contributed by atoms with E-state index in [0.29, 0.717) is 19.0 Å². The molecule has 1 aliphatic rings. The van der Waals surface area contributed by atoms with Gasteiger partial charge in [0.15, 0.2) is 5.82 Å². The van der Waals surface area contributed by atoms with Gasteiger partial charge < -0.3 is 13.8 Å². The first kappa shape index (κ1) is 24.6. The third-order valence-electron chi connectivity index (χ3n) is 6.32. The van der Waals surface area contributed by atoms with E-state index in [9.17, 15) is 4.57 Å². The molecule has 0 amide bonds. The summed E-state index contributed by atoms with van der Waals surface area (Å²) < 4.78 is 31.7. The number of epoxide rings is 1. The Morgan fingerprint density at radius 3 is 1.75 bits per heavy atom. The maximum absolute atomic E-state index is 13.0. The Morgan fingerprint density at radius 2 is 1.31 bits per heavy atom. The number of benzene rings is 3. The molecule has 2 atom stereocenters. The topological polar surface area (TPSA) is 78.8 Å². The Balaban J connectivity index is 1.56. The average molecular weight is 504 g/mol. The summed E-state index contributed by atoms with van der Waals surface area (Å²) in [7, 11) is -3.23. The van der Waals surface area contributed by atoms with Crippen LogP contribution in [0.15, 0.2) is 97.3 Å². The molecule has 186 valence electrons. The van der Waals surface area contributed by atoms with E-state index in [2.05, 4.69) is 41.4 Å². The molecule has 7 nitrogen and oxygen atoms in total. The van der Waals surface area contributed by atoms with E-state index in [-0.39, 0.29) is 18.4 Å². The highest BCUT2D eigenvalue weighted by Crippen LogP contribution is 2.54. The van der Waals surface area contributed by atoms with Gasteiger partial charge in [-0.1, -0.05) is 91.0 Å². The van der Waals surface area contributed by atoms with Crippen LogP contribution < -0.4 is 0 Å². The van der Waals surface area contributed by atoms with E-state index in [0.717, 1.165) is 16.7 Å². The molecular weight excluding hydrogens is 473 g/mol. The van der Waals surface area contributed by atoms with Crippen molar-refractivity contribution in [3.63, 3.8) is 0 Å².